The summed E-state index contributed by atoms with van der Waals surface area (Å²) in [7, 11) is 0. The Morgan fingerprint density at radius 3 is 2.88 bits per heavy atom. The second-order valence-corrected chi connectivity index (χ2v) is 4.03. The Hall–Kier alpha value is -2.29. The summed E-state index contributed by atoms with van der Waals surface area (Å²) in [6, 6.07) is 0. The van der Waals surface area contributed by atoms with Crippen LogP contribution in [-0.4, -0.2) is 30.8 Å². The fraction of sp³-hybridized carbons (Fsp3) is 0.125. The largest absolute Gasteiger partial charge is 0.476 e. The molecule has 2 rings (SSSR count). The van der Waals surface area contributed by atoms with Gasteiger partial charge in [0.15, 0.2) is 0 Å². The predicted octanol–water partition coefficient (Wildman–Crippen LogP) is 0.994. The normalized spacial score (nSPS) is 10.4. The first-order valence-corrected chi connectivity index (χ1v) is 5.29. The van der Waals surface area contributed by atoms with E-state index in [2.05, 4.69) is 10.1 Å². The van der Waals surface area contributed by atoms with E-state index in [0.29, 0.717) is 5.01 Å². The average molecular weight is 254 g/mol. The molecule has 0 aliphatic rings. The van der Waals surface area contributed by atoms with Gasteiger partial charge >= 0.3 is 11.7 Å². The molecule has 9 heteroatoms. The van der Waals surface area contributed by atoms with Gasteiger partial charge in [0.25, 0.3) is 0 Å². The minimum Gasteiger partial charge on any atom is -0.476 e. The third-order valence-corrected chi connectivity index (χ3v) is 2.69. The highest BCUT2D eigenvalue weighted by Crippen LogP contribution is 2.17. The first kappa shape index (κ1) is 11.2. The molecule has 1 N–H and O–H groups in total. The predicted molar refractivity (Wildman–Crippen MR) is 57.1 cm³/mol. The van der Waals surface area contributed by atoms with Gasteiger partial charge in [0.2, 0.25) is 5.69 Å². The van der Waals surface area contributed by atoms with Gasteiger partial charge in [0.1, 0.15) is 11.2 Å². The number of rotatable bonds is 4. The van der Waals surface area contributed by atoms with E-state index in [9.17, 15) is 14.9 Å². The Morgan fingerprint density at radius 1 is 1.65 bits per heavy atom. The van der Waals surface area contributed by atoms with Crippen molar-refractivity contribution in [1.82, 2.24) is 14.8 Å². The van der Waals surface area contributed by atoms with Crippen molar-refractivity contribution >= 4 is 23.0 Å². The molecule has 88 valence electrons. The summed E-state index contributed by atoms with van der Waals surface area (Å²) in [5.74, 6) is -1.42. The zero-order valence-corrected chi connectivity index (χ0v) is 9.12. The van der Waals surface area contributed by atoms with Crippen LogP contribution in [0.1, 0.15) is 15.5 Å². The van der Waals surface area contributed by atoms with E-state index in [0.717, 1.165) is 6.20 Å². The van der Waals surface area contributed by atoms with Crippen LogP contribution in [0.4, 0.5) is 5.69 Å². The molecule has 0 saturated heterocycles. The van der Waals surface area contributed by atoms with E-state index in [1.54, 1.807) is 11.6 Å². The smallest absolute Gasteiger partial charge is 0.363 e. The van der Waals surface area contributed by atoms with E-state index in [4.69, 9.17) is 5.11 Å². The first-order chi connectivity index (χ1) is 8.08. The maximum atomic E-state index is 10.7. The monoisotopic (exact) mass is 254 g/mol. The molecule has 0 unspecified atom stereocenters. The molecule has 0 atom stereocenters. The molecule has 0 aliphatic heterocycles. The maximum Gasteiger partial charge on any atom is 0.363 e. The van der Waals surface area contributed by atoms with Crippen molar-refractivity contribution in [2.75, 3.05) is 0 Å². The Kier molecular flexibility index (Phi) is 2.83. The van der Waals surface area contributed by atoms with Gasteiger partial charge in [-0.2, -0.15) is 5.10 Å². The fourth-order valence-corrected chi connectivity index (χ4v) is 1.85. The van der Waals surface area contributed by atoms with Crippen molar-refractivity contribution < 1.29 is 14.8 Å². The Bertz CT molecular complexity index is 531. The summed E-state index contributed by atoms with van der Waals surface area (Å²) in [6.07, 6.45) is 2.68. The lowest BCUT2D eigenvalue weighted by Crippen LogP contribution is -2.04. The number of aromatic nitrogens is 3. The molecular weight excluding hydrogens is 248 g/mol. The number of aromatic carboxylic acids is 1. The number of thiazole rings is 1. The van der Waals surface area contributed by atoms with Gasteiger partial charge in [0.05, 0.1) is 11.5 Å². The molecule has 0 bridgehead atoms. The third-order valence-electron chi connectivity index (χ3n) is 1.92. The highest BCUT2D eigenvalue weighted by Gasteiger charge is 2.25. The molecule has 0 aliphatic carbocycles. The molecule has 0 amide bonds. The molecule has 8 nitrogen and oxygen atoms in total. The molecule has 2 aromatic rings. The first-order valence-electron chi connectivity index (χ1n) is 4.41. The van der Waals surface area contributed by atoms with Gasteiger partial charge in [-0.1, -0.05) is 0 Å². The van der Waals surface area contributed by atoms with Gasteiger partial charge in [-0.05, 0) is 0 Å². The van der Waals surface area contributed by atoms with Gasteiger partial charge in [-0.15, -0.1) is 11.3 Å². The van der Waals surface area contributed by atoms with Crippen LogP contribution in [0.2, 0.25) is 0 Å². The molecule has 17 heavy (non-hydrogen) atoms. The van der Waals surface area contributed by atoms with Crippen molar-refractivity contribution in [1.29, 1.82) is 0 Å². The fourth-order valence-electron chi connectivity index (χ4n) is 1.25. The lowest BCUT2D eigenvalue weighted by atomic mass is 10.4. The molecule has 0 radical (unpaired) electrons. The zero-order valence-electron chi connectivity index (χ0n) is 8.31. The van der Waals surface area contributed by atoms with Crippen LogP contribution in [0.5, 0.6) is 0 Å². The van der Waals surface area contributed by atoms with Crippen LogP contribution >= 0.6 is 11.3 Å². The standard InChI is InChI=1S/C8H6N4O4S/c13-8(14)7-5(12(15)16)3-11(10-7)4-6-9-1-2-17-6/h1-3H,4H2,(H,13,14). The molecule has 2 aromatic heterocycles. The number of hydrogen-bond donors (Lipinski definition) is 1. The summed E-state index contributed by atoms with van der Waals surface area (Å²) in [6.45, 7) is 0.214. The lowest BCUT2D eigenvalue weighted by molar-refractivity contribution is -0.385. The lowest BCUT2D eigenvalue weighted by Gasteiger charge is -1.94. The van der Waals surface area contributed by atoms with Crippen molar-refractivity contribution in [2.45, 2.75) is 6.54 Å². The molecule has 0 aromatic carbocycles. The quantitative estimate of drug-likeness (QED) is 0.643. The Balaban J connectivity index is 2.34. The molecular formula is C8H6N4O4S. The summed E-state index contributed by atoms with van der Waals surface area (Å²) in [5.41, 5.74) is -1.08. The minimum atomic E-state index is -1.42. The second kappa shape index (κ2) is 4.29. The number of carboxylic acid groups (broad SMARTS) is 1. The number of nitrogens with zero attached hydrogens (tertiary/aromatic N) is 4. The van der Waals surface area contributed by atoms with Crippen LogP contribution < -0.4 is 0 Å². The van der Waals surface area contributed by atoms with Crippen LogP contribution in [0.15, 0.2) is 17.8 Å². The summed E-state index contributed by atoms with van der Waals surface area (Å²) in [5, 5.41) is 25.5. The van der Waals surface area contributed by atoms with E-state index < -0.39 is 22.3 Å². The van der Waals surface area contributed by atoms with Crippen LogP contribution in [0, 0.1) is 10.1 Å². The Labute approximate surface area is 98.3 Å². The van der Waals surface area contributed by atoms with E-state index in [-0.39, 0.29) is 6.54 Å². The summed E-state index contributed by atoms with van der Waals surface area (Å²) < 4.78 is 1.19. The average Bonchev–Trinajstić information content (AvgIpc) is 2.86. The van der Waals surface area contributed by atoms with Gasteiger partial charge in [-0.25, -0.2) is 9.78 Å². The van der Waals surface area contributed by atoms with Crippen molar-refractivity contribution in [2.24, 2.45) is 0 Å². The van der Waals surface area contributed by atoms with E-state index >= 15 is 0 Å². The summed E-state index contributed by atoms with van der Waals surface area (Å²) in [4.78, 5) is 24.6. The molecule has 0 saturated carbocycles. The van der Waals surface area contributed by atoms with Crippen molar-refractivity contribution in [3.63, 3.8) is 0 Å². The van der Waals surface area contributed by atoms with Crippen LogP contribution in [0.25, 0.3) is 0 Å². The van der Waals surface area contributed by atoms with Crippen molar-refractivity contribution in [3.05, 3.63) is 38.6 Å². The molecule has 0 spiro atoms. The number of hydrogen-bond acceptors (Lipinski definition) is 6. The molecule has 2 heterocycles. The maximum absolute atomic E-state index is 10.7. The second-order valence-electron chi connectivity index (χ2n) is 3.05. The van der Waals surface area contributed by atoms with E-state index in [1.807, 2.05) is 0 Å². The highest BCUT2D eigenvalue weighted by molar-refractivity contribution is 7.09. The third kappa shape index (κ3) is 2.28. The molecule has 0 fully saturated rings. The Morgan fingerprint density at radius 2 is 2.41 bits per heavy atom. The SMILES string of the molecule is O=C(O)c1nn(Cc2nccs2)cc1[N+](=O)[O-]. The highest BCUT2D eigenvalue weighted by atomic mass is 32.1. The topological polar surface area (TPSA) is 111 Å². The van der Waals surface area contributed by atoms with Gasteiger partial charge in [0, 0.05) is 11.6 Å². The van der Waals surface area contributed by atoms with Gasteiger partial charge in [-0.3, -0.25) is 14.8 Å². The zero-order chi connectivity index (χ0) is 12.4. The summed E-state index contributed by atoms with van der Waals surface area (Å²) >= 11 is 1.36. The number of nitro groups is 1. The number of carboxylic acids is 1. The van der Waals surface area contributed by atoms with E-state index in [1.165, 1.54) is 16.0 Å². The van der Waals surface area contributed by atoms with Gasteiger partial charge < -0.3 is 5.11 Å². The van der Waals surface area contributed by atoms with Crippen molar-refractivity contribution in [3.8, 4) is 0 Å². The van der Waals surface area contributed by atoms with Crippen LogP contribution in [-0.2, 0) is 6.54 Å². The number of carbonyl (C=O) groups is 1. The minimum absolute atomic E-state index is 0.214. The van der Waals surface area contributed by atoms with Crippen LogP contribution in [0.3, 0.4) is 0 Å².